The predicted molar refractivity (Wildman–Crippen MR) is 128 cm³/mol. The van der Waals surface area contributed by atoms with Crippen LogP contribution in [-0.4, -0.2) is 29.4 Å². The van der Waals surface area contributed by atoms with E-state index in [1.165, 1.54) is 23.1 Å². The molecule has 1 aliphatic heterocycles. The molecule has 0 saturated carbocycles. The Morgan fingerprint density at radius 3 is 2.60 bits per heavy atom. The third-order valence-electron chi connectivity index (χ3n) is 4.42. The highest BCUT2D eigenvalue weighted by Gasteiger charge is 2.46. The molecule has 0 saturated heterocycles. The third-order valence-corrected chi connectivity index (χ3v) is 11.7. The lowest BCUT2D eigenvalue weighted by atomic mass is 10.0. The van der Waals surface area contributed by atoms with Crippen molar-refractivity contribution in [2.45, 2.75) is 9.37 Å². The zero-order valence-corrected chi connectivity index (χ0v) is 19.8. The van der Waals surface area contributed by atoms with Gasteiger partial charge < -0.3 is 0 Å². The summed E-state index contributed by atoms with van der Waals surface area (Å²) in [4.78, 5) is 16.1. The maximum atomic E-state index is 5.45. The molecule has 5 aromatic heterocycles. The molecule has 0 aliphatic carbocycles. The van der Waals surface area contributed by atoms with Gasteiger partial charge in [-0.1, -0.05) is 0 Å². The molecule has 6 heterocycles. The first-order valence-electron chi connectivity index (χ1n) is 8.53. The molecular weight excluding hydrogens is 493 g/mol. The van der Waals surface area contributed by atoms with Crippen LogP contribution < -0.4 is 0 Å². The Morgan fingerprint density at radius 2 is 1.93 bits per heavy atom. The van der Waals surface area contributed by atoms with Crippen molar-refractivity contribution < 1.29 is 0 Å². The van der Waals surface area contributed by atoms with Crippen molar-refractivity contribution in [3.63, 3.8) is 0 Å². The normalized spacial score (nSPS) is 21.0. The lowest BCUT2D eigenvalue weighted by molar-refractivity contribution is 1.15. The van der Waals surface area contributed by atoms with Crippen molar-refractivity contribution in [1.29, 1.82) is 0 Å². The fourth-order valence-corrected chi connectivity index (χ4v) is 10.8. The van der Waals surface area contributed by atoms with Crippen molar-refractivity contribution in [3.8, 4) is 0 Å². The van der Waals surface area contributed by atoms with Crippen LogP contribution in [-0.2, 0) is 0 Å². The van der Waals surface area contributed by atoms with Crippen molar-refractivity contribution in [3.05, 3.63) is 73.3 Å². The van der Waals surface area contributed by atoms with E-state index < -0.39 is 10.2 Å². The van der Waals surface area contributed by atoms with Gasteiger partial charge in [0.2, 0.25) is 0 Å². The fraction of sp³-hybridized carbons (Fsp3) is 0. The van der Waals surface area contributed by atoms with Gasteiger partial charge in [0.05, 0.1) is 38.4 Å². The second kappa shape index (κ2) is 7.55. The first-order valence-corrected chi connectivity index (χ1v) is 14.5. The summed E-state index contributed by atoms with van der Waals surface area (Å²) in [6.07, 6.45) is 5.63. The van der Waals surface area contributed by atoms with E-state index >= 15 is 0 Å². The zero-order chi connectivity index (χ0) is 20.0. The summed E-state index contributed by atoms with van der Waals surface area (Å²) >= 11 is 7.67. The second-order valence-electron chi connectivity index (χ2n) is 6.01. The van der Waals surface area contributed by atoms with Crippen LogP contribution in [0.1, 0.15) is 16.1 Å². The minimum absolute atomic E-state index is 0.899. The molecule has 1 aliphatic rings. The van der Waals surface area contributed by atoms with E-state index in [0.29, 0.717) is 0 Å². The highest BCUT2D eigenvalue weighted by atomic mass is 32.3. The van der Waals surface area contributed by atoms with E-state index in [-0.39, 0.29) is 0 Å². The van der Waals surface area contributed by atoms with Crippen LogP contribution in [0.4, 0.5) is 0 Å². The highest BCUT2D eigenvalue weighted by Crippen LogP contribution is 2.77. The Kier molecular flexibility index (Phi) is 4.70. The van der Waals surface area contributed by atoms with Crippen molar-refractivity contribution in [2.75, 3.05) is 0 Å². The standard InChI is InChI=1S/C18H10N6S6/c1-3-28-23-12(1)15-16(11-5-22-29-7-11)24-30(14-8-25-10-21-14,18-20-2-4-26-18)17(15)13-6-19-9-27-13/h1-10H. The van der Waals surface area contributed by atoms with Crippen LogP contribution in [0.25, 0.3) is 10.5 Å². The van der Waals surface area contributed by atoms with E-state index in [1.54, 1.807) is 34.0 Å². The number of hydrogen-bond acceptors (Lipinski definition) is 11. The third kappa shape index (κ3) is 2.79. The SMILES string of the molecule is c1csc(S2(c3cscn3)N=C(c3cnsc3)C(c3ccsn3)=C2c2cncs2)n1. The molecule has 1 atom stereocenters. The molecule has 1 unspecified atom stereocenters. The van der Waals surface area contributed by atoms with Crippen LogP contribution in [0.15, 0.2) is 71.0 Å². The smallest absolute Gasteiger partial charge is 0.161 e. The van der Waals surface area contributed by atoms with E-state index in [1.807, 2.05) is 45.8 Å². The highest BCUT2D eigenvalue weighted by molar-refractivity contribution is 8.41. The maximum absolute atomic E-state index is 5.45. The quantitative estimate of drug-likeness (QED) is 0.287. The van der Waals surface area contributed by atoms with Gasteiger partial charge in [-0.15, -0.1) is 34.0 Å². The topological polar surface area (TPSA) is 76.8 Å². The van der Waals surface area contributed by atoms with E-state index in [9.17, 15) is 0 Å². The lowest BCUT2D eigenvalue weighted by Gasteiger charge is -2.30. The number of nitrogens with zero attached hydrogens (tertiary/aromatic N) is 6. The molecule has 12 heteroatoms. The Bertz CT molecular complexity index is 1280. The van der Waals surface area contributed by atoms with Crippen LogP contribution >= 0.6 is 67.3 Å². The maximum Gasteiger partial charge on any atom is 0.161 e. The zero-order valence-electron chi connectivity index (χ0n) is 14.9. The minimum atomic E-state index is -2.06. The van der Waals surface area contributed by atoms with Crippen molar-refractivity contribution in [1.82, 2.24) is 23.7 Å². The minimum Gasteiger partial charge on any atom is -0.252 e. The molecule has 30 heavy (non-hydrogen) atoms. The van der Waals surface area contributed by atoms with Gasteiger partial charge in [-0.3, -0.25) is 4.98 Å². The molecule has 0 spiro atoms. The Morgan fingerprint density at radius 1 is 0.933 bits per heavy atom. The Labute approximate surface area is 193 Å². The van der Waals surface area contributed by atoms with Gasteiger partial charge >= 0.3 is 0 Å². The summed E-state index contributed by atoms with van der Waals surface area (Å²) in [5.41, 5.74) is 7.55. The number of aromatic nitrogens is 5. The first kappa shape index (κ1) is 18.7. The first-order chi connectivity index (χ1) is 14.9. The summed E-state index contributed by atoms with van der Waals surface area (Å²) in [6, 6.07) is 2.05. The number of rotatable bonds is 5. The van der Waals surface area contributed by atoms with Crippen LogP contribution in [0.5, 0.6) is 0 Å². The summed E-state index contributed by atoms with van der Waals surface area (Å²) < 4.78 is 15.4. The van der Waals surface area contributed by atoms with Gasteiger partial charge in [0, 0.05) is 45.1 Å². The number of hydrogen-bond donors (Lipinski definition) is 0. The molecule has 6 nitrogen and oxygen atoms in total. The fourth-order valence-electron chi connectivity index (χ4n) is 3.25. The molecule has 0 radical (unpaired) electrons. The molecule has 0 amide bonds. The van der Waals surface area contributed by atoms with Gasteiger partial charge in [0.15, 0.2) is 4.34 Å². The van der Waals surface area contributed by atoms with E-state index in [4.69, 9.17) is 18.7 Å². The molecule has 0 bridgehead atoms. The van der Waals surface area contributed by atoms with Crippen molar-refractivity contribution in [2.24, 2.45) is 4.40 Å². The lowest BCUT2D eigenvalue weighted by Crippen LogP contribution is -2.01. The van der Waals surface area contributed by atoms with Gasteiger partial charge in [0.25, 0.3) is 0 Å². The Balaban J connectivity index is 1.78. The largest absolute Gasteiger partial charge is 0.252 e. The predicted octanol–water partition coefficient (Wildman–Crippen LogP) is 6.18. The molecule has 6 rings (SSSR count). The molecule has 148 valence electrons. The van der Waals surface area contributed by atoms with Crippen molar-refractivity contribution >= 4 is 83.5 Å². The molecule has 5 aromatic rings. The van der Waals surface area contributed by atoms with E-state index in [0.717, 1.165) is 41.7 Å². The summed E-state index contributed by atoms with van der Waals surface area (Å²) in [7, 11) is -2.06. The number of allylic oxidation sites excluding steroid dienone is 1. The van der Waals surface area contributed by atoms with Gasteiger partial charge in [-0.25, -0.2) is 18.7 Å². The average molecular weight is 503 g/mol. The second-order valence-corrected chi connectivity index (χ2v) is 12.6. The summed E-state index contributed by atoms with van der Waals surface area (Å²) in [5, 5.41) is 9.07. The summed E-state index contributed by atoms with van der Waals surface area (Å²) in [5.74, 6) is 0. The molecule has 0 aromatic carbocycles. The monoisotopic (exact) mass is 502 g/mol. The van der Waals surface area contributed by atoms with Gasteiger partial charge in [-0.2, -0.15) is 4.37 Å². The Hall–Kier alpha value is -2.09. The van der Waals surface area contributed by atoms with E-state index in [2.05, 4.69) is 20.8 Å². The van der Waals surface area contributed by atoms with Crippen LogP contribution in [0.2, 0.25) is 0 Å². The number of thiazole rings is 3. The molecule has 0 fully saturated rings. The molecule has 0 N–H and O–H groups in total. The average Bonchev–Trinajstić information content (AvgIpc) is 3.62. The van der Waals surface area contributed by atoms with Crippen LogP contribution in [0, 0.1) is 0 Å². The van der Waals surface area contributed by atoms with Gasteiger partial charge in [-0.05, 0) is 39.3 Å². The molecular formula is C18H10N6S6. The summed E-state index contributed by atoms with van der Waals surface area (Å²) in [6.45, 7) is 0. The van der Waals surface area contributed by atoms with Crippen LogP contribution in [0.3, 0.4) is 0 Å². The van der Waals surface area contributed by atoms with Gasteiger partial charge in [0.1, 0.15) is 5.03 Å².